The van der Waals surface area contributed by atoms with E-state index in [0.717, 1.165) is 15.8 Å². The van der Waals surface area contributed by atoms with Crippen molar-refractivity contribution in [1.29, 1.82) is 0 Å². The molecule has 1 aromatic heterocycles. The minimum absolute atomic E-state index is 0.0230. The number of aromatic nitrogens is 1. The van der Waals surface area contributed by atoms with Crippen LogP contribution >= 0.6 is 11.3 Å². The van der Waals surface area contributed by atoms with Crippen molar-refractivity contribution in [3.8, 4) is 5.75 Å². The van der Waals surface area contributed by atoms with Crippen LogP contribution in [0.1, 0.15) is 22.7 Å². The van der Waals surface area contributed by atoms with E-state index in [1.165, 1.54) is 16.2 Å². The maximum absolute atomic E-state index is 13.3. The van der Waals surface area contributed by atoms with Gasteiger partial charge < -0.3 is 9.84 Å². The number of thiazole rings is 1. The monoisotopic (exact) mass is 456 g/mol. The second-order valence-corrected chi connectivity index (χ2v) is 8.79. The van der Waals surface area contributed by atoms with Gasteiger partial charge >= 0.3 is 5.91 Å². The third kappa shape index (κ3) is 3.56. The van der Waals surface area contributed by atoms with Gasteiger partial charge in [-0.2, -0.15) is 0 Å². The summed E-state index contributed by atoms with van der Waals surface area (Å²) in [6, 6.07) is 20.9. The van der Waals surface area contributed by atoms with E-state index >= 15 is 0 Å². The number of carbonyl (C=O) groups excluding carboxylic acids is 2. The molecule has 0 saturated carbocycles. The zero-order chi connectivity index (χ0) is 23.1. The van der Waals surface area contributed by atoms with Crippen molar-refractivity contribution in [2.24, 2.45) is 0 Å². The lowest BCUT2D eigenvalue weighted by Gasteiger charge is -2.23. The summed E-state index contributed by atoms with van der Waals surface area (Å²) in [5, 5.41) is 11.5. The van der Waals surface area contributed by atoms with E-state index in [2.05, 4.69) is 4.98 Å². The first-order valence-electron chi connectivity index (χ1n) is 10.4. The van der Waals surface area contributed by atoms with Crippen molar-refractivity contribution in [3.63, 3.8) is 0 Å². The number of carbonyl (C=O) groups is 2. The summed E-state index contributed by atoms with van der Waals surface area (Å²) in [5.74, 6) is -1.12. The molecule has 1 saturated heterocycles. The van der Waals surface area contributed by atoms with Gasteiger partial charge in [0.15, 0.2) is 5.13 Å². The first kappa shape index (κ1) is 20.9. The van der Waals surface area contributed by atoms with Crippen LogP contribution in [-0.4, -0.2) is 28.9 Å². The van der Waals surface area contributed by atoms with Crippen LogP contribution in [0.15, 0.2) is 78.4 Å². The minimum Gasteiger partial charge on any atom is -0.507 e. The Labute approximate surface area is 194 Å². The molecule has 1 aliphatic heterocycles. The maximum atomic E-state index is 13.3. The van der Waals surface area contributed by atoms with E-state index in [-0.39, 0.29) is 11.3 Å². The molecule has 0 spiro atoms. The molecule has 1 fully saturated rings. The Balaban J connectivity index is 1.74. The van der Waals surface area contributed by atoms with Crippen molar-refractivity contribution in [1.82, 2.24) is 4.98 Å². The molecule has 0 aliphatic carbocycles. The predicted molar refractivity (Wildman–Crippen MR) is 129 cm³/mol. The highest BCUT2D eigenvalue weighted by Gasteiger charge is 2.48. The molecular weight excluding hydrogens is 436 g/mol. The Morgan fingerprint density at radius 3 is 2.58 bits per heavy atom. The lowest BCUT2D eigenvalue weighted by molar-refractivity contribution is -0.132. The number of Topliss-reactive ketones (excluding diaryl/α,β-unsaturated/α-hetero) is 1. The van der Waals surface area contributed by atoms with E-state index in [9.17, 15) is 14.7 Å². The van der Waals surface area contributed by atoms with Crippen LogP contribution in [0.2, 0.25) is 0 Å². The summed E-state index contributed by atoms with van der Waals surface area (Å²) in [6.45, 7) is 1.99. The number of nitrogens with zero attached hydrogens (tertiary/aromatic N) is 2. The van der Waals surface area contributed by atoms with Crippen molar-refractivity contribution in [2.75, 3.05) is 12.0 Å². The molecule has 0 radical (unpaired) electrons. The fraction of sp³-hybridized carbons (Fsp3) is 0.115. The highest BCUT2D eigenvalue weighted by atomic mass is 32.1. The van der Waals surface area contributed by atoms with Crippen molar-refractivity contribution < 1.29 is 19.4 Å². The van der Waals surface area contributed by atoms with Crippen LogP contribution in [0.4, 0.5) is 5.13 Å². The number of hydrogen-bond donors (Lipinski definition) is 1. The van der Waals surface area contributed by atoms with Gasteiger partial charge in [-0.3, -0.25) is 14.5 Å². The molecule has 33 heavy (non-hydrogen) atoms. The van der Waals surface area contributed by atoms with E-state index < -0.39 is 17.7 Å². The summed E-state index contributed by atoms with van der Waals surface area (Å²) in [5.41, 5.74) is 2.95. The van der Waals surface area contributed by atoms with Gasteiger partial charge in [-0.15, -0.1) is 0 Å². The lowest BCUT2D eigenvalue weighted by Crippen LogP contribution is -2.29. The fourth-order valence-corrected chi connectivity index (χ4v) is 5.12. The van der Waals surface area contributed by atoms with Crippen LogP contribution in [-0.2, 0) is 9.59 Å². The normalized spacial score (nSPS) is 17.6. The minimum atomic E-state index is -0.845. The number of ketones is 1. The van der Waals surface area contributed by atoms with E-state index in [0.29, 0.717) is 22.0 Å². The molecule has 6 nitrogen and oxygen atoms in total. The molecule has 7 heteroatoms. The molecule has 3 aromatic carbocycles. The van der Waals surface area contributed by atoms with E-state index in [1.54, 1.807) is 49.6 Å². The number of anilines is 1. The molecule has 164 valence electrons. The number of fused-ring (bicyclic) bond motifs is 1. The van der Waals surface area contributed by atoms with Crippen LogP contribution < -0.4 is 9.64 Å². The fourth-order valence-electron chi connectivity index (χ4n) is 4.03. The van der Waals surface area contributed by atoms with Gasteiger partial charge in [-0.1, -0.05) is 59.9 Å². The molecular formula is C26H20N2O4S. The zero-order valence-electron chi connectivity index (χ0n) is 18.0. The van der Waals surface area contributed by atoms with E-state index in [4.69, 9.17) is 4.74 Å². The number of rotatable bonds is 4. The first-order valence-corrected chi connectivity index (χ1v) is 11.2. The zero-order valence-corrected chi connectivity index (χ0v) is 18.8. The number of amides is 1. The van der Waals surface area contributed by atoms with Gasteiger partial charge in [0.25, 0.3) is 5.78 Å². The Morgan fingerprint density at radius 2 is 1.82 bits per heavy atom. The van der Waals surface area contributed by atoms with Crippen LogP contribution in [0.25, 0.3) is 16.0 Å². The smallest absolute Gasteiger partial charge is 0.301 e. The standard InChI is InChI=1S/C26H20N2O4S/c1-15-11-12-19-20(13-15)33-26(27-19)28-22(17-9-6-10-18(14-17)32-2)21(24(30)25(28)31)23(29)16-7-4-3-5-8-16/h3-14,22,29H,1-2H3/b23-21+/t22-/m0/s1. The third-order valence-corrected chi connectivity index (χ3v) is 6.66. The largest absolute Gasteiger partial charge is 0.507 e. The molecule has 1 N–H and O–H groups in total. The van der Waals surface area contributed by atoms with Gasteiger partial charge in [-0.25, -0.2) is 4.98 Å². The van der Waals surface area contributed by atoms with Gasteiger partial charge in [0.05, 0.1) is 28.9 Å². The van der Waals surface area contributed by atoms with Gasteiger partial charge in [0, 0.05) is 5.56 Å². The van der Waals surface area contributed by atoms with Crippen molar-refractivity contribution in [3.05, 3.63) is 95.1 Å². The Kier molecular flexibility index (Phi) is 5.18. The number of benzene rings is 3. The molecule has 4 aromatic rings. The summed E-state index contributed by atoms with van der Waals surface area (Å²) in [7, 11) is 1.55. The summed E-state index contributed by atoms with van der Waals surface area (Å²) in [6.07, 6.45) is 0. The Morgan fingerprint density at radius 1 is 1.03 bits per heavy atom. The van der Waals surface area contributed by atoms with Crippen molar-refractivity contribution >= 4 is 44.1 Å². The molecule has 0 unspecified atom stereocenters. The van der Waals surface area contributed by atoms with Gasteiger partial charge in [-0.05, 0) is 42.3 Å². The lowest BCUT2D eigenvalue weighted by atomic mass is 9.95. The number of aliphatic hydroxyl groups is 1. The summed E-state index contributed by atoms with van der Waals surface area (Å²) in [4.78, 5) is 32.6. The third-order valence-electron chi connectivity index (χ3n) is 5.64. The topological polar surface area (TPSA) is 79.7 Å². The number of hydrogen-bond acceptors (Lipinski definition) is 6. The van der Waals surface area contributed by atoms with Crippen LogP contribution in [0, 0.1) is 6.92 Å². The van der Waals surface area contributed by atoms with Crippen molar-refractivity contribution in [2.45, 2.75) is 13.0 Å². The SMILES string of the molecule is COc1cccc([C@H]2/C(=C(\O)c3ccccc3)C(=O)C(=O)N2c2nc3ccc(C)cc3s2)c1. The Bertz CT molecular complexity index is 1420. The molecule has 1 aliphatic rings. The molecule has 1 atom stereocenters. The van der Waals surface area contributed by atoms with Crippen LogP contribution in [0.5, 0.6) is 5.75 Å². The molecule has 1 amide bonds. The average Bonchev–Trinajstić information content (AvgIpc) is 3.37. The average molecular weight is 457 g/mol. The van der Waals surface area contributed by atoms with Gasteiger partial charge in [0.1, 0.15) is 11.5 Å². The highest BCUT2D eigenvalue weighted by molar-refractivity contribution is 7.22. The second kappa shape index (κ2) is 8.18. The van der Waals surface area contributed by atoms with E-state index in [1.807, 2.05) is 37.3 Å². The number of aliphatic hydroxyl groups excluding tert-OH is 1. The molecule has 5 rings (SSSR count). The molecule has 0 bridgehead atoms. The quantitative estimate of drug-likeness (QED) is 0.258. The first-order chi connectivity index (χ1) is 16.0. The van der Waals surface area contributed by atoms with Gasteiger partial charge in [0.2, 0.25) is 0 Å². The maximum Gasteiger partial charge on any atom is 0.301 e. The molecule has 2 heterocycles. The summed E-state index contributed by atoms with van der Waals surface area (Å²) >= 11 is 1.34. The summed E-state index contributed by atoms with van der Waals surface area (Å²) < 4.78 is 6.29. The number of ether oxygens (including phenoxy) is 1. The number of aryl methyl sites for hydroxylation is 1. The Hall–Kier alpha value is -3.97. The number of methoxy groups -OCH3 is 1. The predicted octanol–water partition coefficient (Wildman–Crippen LogP) is 5.24. The van der Waals surface area contributed by atoms with Crippen LogP contribution in [0.3, 0.4) is 0 Å². The second-order valence-electron chi connectivity index (χ2n) is 7.78. The highest BCUT2D eigenvalue weighted by Crippen LogP contribution is 2.44.